The minimum atomic E-state index is -0.654. The van der Waals surface area contributed by atoms with Gasteiger partial charge >= 0.3 is 6.03 Å². The van der Waals surface area contributed by atoms with Crippen LogP contribution in [0, 0.1) is 0 Å². The Morgan fingerprint density at radius 2 is 1.83 bits per heavy atom. The number of halogens is 1. The van der Waals surface area contributed by atoms with E-state index in [4.69, 9.17) is 4.74 Å². The average molecular weight is 419 g/mol. The van der Waals surface area contributed by atoms with Gasteiger partial charge in [0.05, 0.1) is 13.2 Å². The standard InChI is InChI=1S/C21H26N4O3.ClH/c1-15(23-21(27)24-16-8-4-3-5-9-16)20(26)25-13-12-22-14-18(25)17-10-6-7-11-19(17)28-2;/h3-11,15,18,22H,12-14H2,1-2H3,(H2,23,24,27);1H. The van der Waals surface area contributed by atoms with Crippen molar-refractivity contribution in [3.63, 3.8) is 0 Å². The molecule has 0 radical (unpaired) electrons. The maximum absolute atomic E-state index is 13.1. The quantitative estimate of drug-likeness (QED) is 0.697. The predicted octanol–water partition coefficient (Wildman–Crippen LogP) is 2.80. The molecule has 0 aliphatic carbocycles. The second-order valence-electron chi connectivity index (χ2n) is 6.68. The van der Waals surface area contributed by atoms with Gasteiger partial charge in [0.15, 0.2) is 0 Å². The minimum Gasteiger partial charge on any atom is -0.496 e. The third kappa shape index (κ3) is 5.62. The number of urea groups is 1. The van der Waals surface area contributed by atoms with Gasteiger partial charge in [-0.2, -0.15) is 0 Å². The molecule has 2 aromatic carbocycles. The van der Waals surface area contributed by atoms with Crippen molar-refractivity contribution in [3.8, 4) is 5.75 Å². The van der Waals surface area contributed by atoms with Crippen LogP contribution in [0.3, 0.4) is 0 Å². The molecule has 0 saturated carbocycles. The summed E-state index contributed by atoms with van der Waals surface area (Å²) in [5, 5.41) is 8.80. The summed E-state index contributed by atoms with van der Waals surface area (Å²) in [7, 11) is 1.62. The molecule has 1 aliphatic heterocycles. The number of carbonyl (C=O) groups excluding carboxylic acids is 2. The third-order valence-corrected chi connectivity index (χ3v) is 4.77. The number of hydrogen-bond donors (Lipinski definition) is 3. The van der Waals surface area contributed by atoms with Crippen LogP contribution in [0.15, 0.2) is 54.6 Å². The van der Waals surface area contributed by atoms with E-state index in [0.29, 0.717) is 25.3 Å². The molecule has 2 unspecified atom stereocenters. The Kier molecular flexibility index (Phi) is 8.30. The number of carbonyl (C=O) groups is 2. The Labute approximate surface area is 177 Å². The van der Waals surface area contributed by atoms with Gasteiger partial charge in [0, 0.05) is 30.9 Å². The molecule has 2 aromatic rings. The number of piperazine rings is 1. The van der Waals surface area contributed by atoms with Crippen LogP contribution in [0.4, 0.5) is 10.5 Å². The normalized spacial score (nSPS) is 16.9. The van der Waals surface area contributed by atoms with Gasteiger partial charge in [0.1, 0.15) is 11.8 Å². The van der Waals surface area contributed by atoms with Gasteiger partial charge in [-0.1, -0.05) is 36.4 Å². The molecule has 3 rings (SSSR count). The molecule has 7 nitrogen and oxygen atoms in total. The molecule has 1 fully saturated rings. The number of nitrogens with zero attached hydrogens (tertiary/aromatic N) is 1. The van der Waals surface area contributed by atoms with Gasteiger partial charge in [-0.05, 0) is 25.1 Å². The lowest BCUT2D eigenvalue weighted by Gasteiger charge is -2.38. The van der Waals surface area contributed by atoms with Gasteiger partial charge in [-0.25, -0.2) is 4.79 Å². The van der Waals surface area contributed by atoms with Crippen LogP contribution in [-0.4, -0.2) is 49.6 Å². The van der Waals surface area contributed by atoms with Crippen LogP contribution >= 0.6 is 12.4 Å². The van der Waals surface area contributed by atoms with Crippen LogP contribution in [0.5, 0.6) is 5.75 Å². The molecular weight excluding hydrogens is 392 g/mol. The summed E-state index contributed by atoms with van der Waals surface area (Å²) >= 11 is 0. The molecule has 0 spiro atoms. The Morgan fingerprint density at radius 3 is 2.55 bits per heavy atom. The number of methoxy groups -OCH3 is 1. The maximum atomic E-state index is 13.1. The first kappa shape index (κ1) is 22.5. The summed E-state index contributed by atoms with van der Waals surface area (Å²) in [4.78, 5) is 27.1. The van der Waals surface area contributed by atoms with E-state index in [1.165, 1.54) is 0 Å². The van der Waals surface area contributed by atoms with E-state index in [-0.39, 0.29) is 24.4 Å². The summed E-state index contributed by atoms with van der Waals surface area (Å²) < 4.78 is 5.47. The van der Waals surface area contributed by atoms with Crippen molar-refractivity contribution in [2.24, 2.45) is 0 Å². The Balaban J connectivity index is 0.00000300. The molecule has 3 N–H and O–H groups in total. The molecule has 0 aromatic heterocycles. The van der Waals surface area contributed by atoms with Crippen molar-refractivity contribution in [1.82, 2.24) is 15.5 Å². The zero-order chi connectivity index (χ0) is 19.9. The van der Waals surface area contributed by atoms with Crippen molar-refractivity contribution >= 4 is 30.0 Å². The molecule has 2 atom stereocenters. The van der Waals surface area contributed by atoms with E-state index in [0.717, 1.165) is 11.3 Å². The van der Waals surface area contributed by atoms with Crippen LogP contribution in [0.2, 0.25) is 0 Å². The van der Waals surface area contributed by atoms with E-state index >= 15 is 0 Å². The van der Waals surface area contributed by atoms with Crippen LogP contribution in [0.25, 0.3) is 0 Å². The fraction of sp³-hybridized carbons (Fsp3) is 0.333. The highest BCUT2D eigenvalue weighted by atomic mass is 35.5. The highest BCUT2D eigenvalue weighted by Crippen LogP contribution is 2.30. The van der Waals surface area contributed by atoms with Gasteiger partial charge in [0.2, 0.25) is 5.91 Å². The molecule has 3 amide bonds. The van der Waals surface area contributed by atoms with Crippen molar-refractivity contribution in [2.75, 3.05) is 32.1 Å². The number of amides is 3. The molecule has 1 aliphatic rings. The third-order valence-electron chi connectivity index (χ3n) is 4.77. The van der Waals surface area contributed by atoms with E-state index < -0.39 is 12.1 Å². The minimum absolute atomic E-state index is 0. The number of para-hydroxylation sites is 2. The molecule has 1 heterocycles. The van der Waals surface area contributed by atoms with E-state index in [1.54, 1.807) is 26.2 Å². The highest BCUT2D eigenvalue weighted by Gasteiger charge is 2.32. The summed E-state index contributed by atoms with van der Waals surface area (Å²) in [6.45, 7) is 3.61. The predicted molar refractivity (Wildman–Crippen MR) is 116 cm³/mol. The lowest BCUT2D eigenvalue weighted by molar-refractivity contribution is -0.136. The van der Waals surface area contributed by atoms with Gasteiger partial charge < -0.3 is 25.6 Å². The monoisotopic (exact) mass is 418 g/mol. The van der Waals surface area contributed by atoms with Crippen LogP contribution in [0.1, 0.15) is 18.5 Å². The summed E-state index contributed by atoms with van der Waals surface area (Å²) in [6, 6.07) is 15.6. The first-order chi connectivity index (χ1) is 13.6. The lowest BCUT2D eigenvalue weighted by Crippen LogP contribution is -2.55. The molecular formula is C21H27ClN4O3. The van der Waals surface area contributed by atoms with Gasteiger partial charge in [-0.15, -0.1) is 12.4 Å². The van der Waals surface area contributed by atoms with Gasteiger partial charge in [0.25, 0.3) is 0 Å². The number of anilines is 1. The van der Waals surface area contributed by atoms with E-state index in [9.17, 15) is 9.59 Å². The summed E-state index contributed by atoms with van der Waals surface area (Å²) in [6.07, 6.45) is 0. The number of rotatable bonds is 5. The molecule has 0 bridgehead atoms. The summed E-state index contributed by atoms with van der Waals surface area (Å²) in [5.41, 5.74) is 1.63. The Hall–Kier alpha value is -2.77. The SMILES string of the molecule is COc1ccccc1C1CNCCN1C(=O)C(C)NC(=O)Nc1ccccc1.Cl. The largest absolute Gasteiger partial charge is 0.496 e. The number of hydrogen-bond acceptors (Lipinski definition) is 4. The highest BCUT2D eigenvalue weighted by molar-refractivity contribution is 5.93. The smallest absolute Gasteiger partial charge is 0.319 e. The first-order valence-corrected chi connectivity index (χ1v) is 9.37. The van der Waals surface area contributed by atoms with Crippen molar-refractivity contribution in [3.05, 3.63) is 60.2 Å². The number of nitrogens with one attached hydrogen (secondary N) is 3. The van der Waals surface area contributed by atoms with Crippen molar-refractivity contribution in [2.45, 2.75) is 19.0 Å². The molecule has 29 heavy (non-hydrogen) atoms. The molecule has 8 heteroatoms. The van der Waals surface area contributed by atoms with Gasteiger partial charge in [-0.3, -0.25) is 4.79 Å². The second-order valence-corrected chi connectivity index (χ2v) is 6.68. The zero-order valence-corrected chi connectivity index (χ0v) is 17.4. The zero-order valence-electron chi connectivity index (χ0n) is 16.6. The lowest BCUT2D eigenvalue weighted by atomic mass is 10.0. The van der Waals surface area contributed by atoms with Crippen molar-refractivity contribution in [1.29, 1.82) is 0 Å². The molecule has 1 saturated heterocycles. The second kappa shape index (κ2) is 10.7. The Morgan fingerprint density at radius 1 is 1.14 bits per heavy atom. The van der Waals surface area contributed by atoms with Crippen molar-refractivity contribution < 1.29 is 14.3 Å². The average Bonchev–Trinajstić information content (AvgIpc) is 2.73. The fourth-order valence-corrected chi connectivity index (χ4v) is 3.38. The van der Waals surface area contributed by atoms with Crippen LogP contribution < -0.4 is 20.7 Å². The Bertz CT molecular complexity index is 819. The first-order valence-electron chi connectivity index (χ1n) is 9.37. The molecule has 156 valence electrons. The number of ether oxygens (including phenoxy) is 1. The van der Waals surface area contributed by atoms with E-state index in [1.807, 2.05) is 47.4 Å². The summed E-state index contributed by atoms with van der Waals surface area (Å²) in [5.74, 6) is 0.622. The fourth-order valence-electron chi connectivity index (χ4n) is 3.38. The van der Waals surface area contributed by atoms with Crippen LogP contribution in [-0.2, 0) is 4.79 Å². The topological polar surface area (TPSA) is 82.7 Å². The number of benzene rings is 2. The maximum Gasteiger partial charge on any atom is 0.319 e. The van der Waals surface area contributed by atoms with E-state index in [2.05, 4.69) is 16.0 Å².